The summed E-state index contributed by atoms with van der Waals surface area (Å²) in [4.78, 5) is 21.4. The Morgan fingerprint density at radius 2 is 2.00 bits per heavy atom. The zero-order valence-corrected chi connectivity index (χ0v) is 16.1. The lowest BCUT2D eigenvalue weighted by molar-refractivity contribution is -0.384. The van der Waals surface area contributed by atoms with Crippen LogP contribution >= 0.6 is 0 Å². The highest BCUT2D eigenvalue weighted by Gasteiger charge is 2.28. The first-order valence-corrected chi connectivity index (χ1v) is 9.47. The van der Waals surface area contributed by atoms with Crippen LogP contribution in [0.2, 0.25) is 0 Å². The molecule has 2 aromatic carbocycles. The van der Waals surface area contributed by atoms with Gasteiger partial charge in [-0.25, -0.2) is 5.48 Å². The van der Waals surface area contributed by atoms with E-state index in [1.165, 1.54) is 35.8 Å². The minimum atomic E-state index is -1.03. The molecule has 0 saturated heterocycles. The molecule has 1 amide bonds. The number of hydrogen-bond donors (Lipinski definition) is 5. The Labute approximate surface area is 172 Å². The number of benzene rings is 2. The number of carbonyl (C=O) groups is 1. The van der Waals surface area contributed by atoms with Crippen LogP contribution in [0.25, 0.3) is 6.08 Å². The van der Waals surface area contributed by atoms with E-state index in [-0.39, 0.29) is 18.3 Å². The van der Waals surface area contributed by atoms with Crippen molar-refractivity contribution in [1.29, 1.82) is 0 Å². The number of fused-ring (bicyclic) bond motifs is 1. The van der Waals surface area contributed by atoms with Crippen LogP contribution in [0.4, 0.5) is 5.69 Å². The van der Waals surface area contributed by atoms with Crippen LogP contribution in [0, 0.1) is 10.1 Å². The highest BCUT2D eigenvalue weighted by molar-refractivity contribution is 5.90. The molecule has 3 atom stereocenters. The number of rotatable bonds is 8. The predicted octanol–water partition coefficient (Wildman–Crippen LogP) is 1.78. The van der Waals surface area contributed by atoms with Gasteiger partial charge in [-0.15, -0.1) is 0 Å². The lowest BCUT2D eigenvalue weighted by Crippen LogP contribution is -2.39. The second-order valence-corrected chi connectivity index (χ2v) is 7.11. The molecule has 0 aromatic heterocycles. The van der Waals surface area contributed by atoms with E-state index >= 15 is 0 Å². The molecule has 0 saturated carbocycles. The zero-order valence-electron chi connectivity index (χ0n) is 16.1. The lowest BCUT2D eigenvalue weighted by Gasteiger charge is -2.26. The standard InChI is InChI=1S/C21H23N3O6/c25-12-19(21(27)14-3-6-16(7-4-14)24(29)30)22-18-9-5-15-11-13(1-8-17(15)18)2-10-20(26)23-28/h1-4,6-8,10-11,18-19,21-22,25,27-28H,5,9,12H2,(H,23,26)/b10-2+. The number of hydroxylamine groups is 1. The van der Waals surface area contributed by atoms with Gasteiger partial charge in [0.1, 0.15) is 0 Å². The molecular weight excluding hydrogens is 390 g/mol. The van der Waals surface area contributed by atoms with Gasteiger partial charge in [0.05, 0.1) is 23.7 Å². The van der Waals surface area contributed by atoms with Crippen LogP contribution in [0.5, 0.6) is 0 Å². The largest absolute Gasteiger partial charge is 0.395 e. The van der Waals surface area contributed by atoms with Crippen molar-refractivity contribution in [2.45, 2.75) is 31.0 Å². The van der Waals surface area contributed by atoms with Crippen molar-refractivity contribution >= 4 is 17.7 Å². The SMILES string of the molecule is O=C(/C=C/c1ccc2c(c1)CCC2NC(CO)C(O)c1ccc([N+](=O)[O-])cc1)NO. The van der Waals surface area contributed by atoms with E-state index in [2.05, 4.69) is 5.32 Å². The molecule has 0 radical (unpaired) electrons. The third-order valence-electron chi connectivity index (χ3n) is 5.22. The van der Waals surface area contributed by atoms with Crippen molar-refractivity contribution < 1.29 is 25.1 Å². The van der Waals surface area contributed by atoms with Crippen molar-refractivity contribution in [3.8, 4) is 0 Å². The summed E-state index contributed by atoms with van der Waals surface area (Å²) in [7, 11) is 0. The summed E-state index contributed by atoms with van der Waals surface area (Å²) in [6.45, 7) is -0.304. The monoisotopic (exact) mass is 413 g/mol. The van der Waals surface area contributed by atoms with Gasteiger partial charge in [0.2, 0.25) is 0 Å². The van der Waals surface area contributed by atoms with Crippen molar-refractivity contribution in [3.63, 3.8) is 0 Å². The van der Waals surface area contributed by atoms with Crippen molar-refractivity contribution in [1.82, 2.24) is 10.8 Å². The van der Waals surface area contributed by atoms with Crippen molar-refractivity contribution in [2.24, 2.45) is 0 Å². The Kier molecular flexibility index (Phi) is 6.91. The number of nitrogens with one attached hydrogen (secondary N) is 2. The summed E-state index contributed by atoms with van der Waals surface area (Å²) in [6, 6.07) is 10.6. The first-order chi connectivity index (χ1) is 14.4. The number of nitro benzene ring substituents is 1. The second-order valence-electron chi connectivity index (χ2n) is 7.11. The number of nitrogens with zero attached hydrogens (tertiary/aromatic N) is 1. The molecule has 0 bridgehead atoms. The Hall–Kier alpha value is -3.11. The number of amides is 1. The van der Waals surface area contributed by atoms with Gasteiger partial charge in [-0.2, -0.15) is 0 Å². The van der Waals surface area contributed by atoms with Gasteiger partial charge >= 0.3 is 0 Å². The summed E-state index contributed by atoms with van der Waals surface area (Å²) in [5, 5.41) is 43.1. The summed E-state index contributed by atoms with van der Waals surface area (Å²) in [5.41, 5.74) is 4.92. The third-order valence-corrected chi connectivity index (χ3v) is 5.22. The Morgan fingerprint density at radius 3 is 2.63 bits per heavy atom. The molecule has 3 unspecified atom stereocenters. The van der Waals surface area contributed by atoms with Gasteiger partial charge in [-0.3, -0.25) is 20.1 Å². The van der Waals surface area contributed by atoms with E-state index in [0.717, 1.165) is 29.5 Å². The van der Waals surface area contributed by atoms with Crippen LogP contribution in [-0.4, -0.2) is 38.9 Å². The molecule has 0 spiro atoms. The fourth-order valence-electron chi connectivity index (χ4n) is 3.65. The number of nitro groups is 1. The number of aliphatic hydroxyl groups excluding tert-OH is 2. The first kappa shape index (κ1) is 21.6. The maximum atomic E-state index is 11.1. The average molecular weight is 413 g/mol. The van der Waals surface area contributed by atoms with Gasteiger partial charge in [-0.1, -0.05) is 18.2 Å². The molecule has 2 aromatic rings. The minimum Gasteiger partial charge on any atom is -0.395 e. The van der Waals surface area contributed by atoms with Gasteiger partial charge in [0, 0.05) is 24.3 Å². The summed E-state index contributed by atoms with van der Waals surface area (Å²) >= 11 is 0. The molecule has 5 N–H and O–H groups in total. The summed E-state index contributed by atoms with van der Waals surface area (Å²) in [6.07, 6.45) is 3.38. The molecule has 1 aliphatic rings. The molecule has 30 heavy (non-hydrogen) atoms. The fourth-order valence-corrected chi connectivity index (χ4v) is 3.65. The summed E-state index contributed by atoms with van der Waals surface area (Å²) < 4.78 is 0. The second kappa shape index (κ2) is 9.59. The van der Waals surface area contributed by atoms with Crippen molar-refractivity contribution in [3.05, 3.63) is 80.9 Å². The minimum absolute atomic E-state index is 0.0644. The normalized spacial score (nSPS) is 17.5. The molecule has 0 aliphatic heterocycles. The van der Waals surface area contributed by atoms with E-state index in [4.69, 9.17) is 5.21 Å². The van der Waals surface area contributed by atoms with Gasteiger partial charge in [0.25, 0.3) is 11.6 Å². The summed E-state index contributed by atoms with van der Waals surface area (Å²) in [5.74, 6) is -0.610. The van der Waals surface area contributed by atoms with Crippen LogP contribution in [-0.2, 0) is 11.2 Å². The maximum Gasteiger partial charge on any atom is 0.269 e. The van der Waals surface area contributed by atoms with Crippen LogP contribution in [0.1, 0.15) is 40.8 Å². The zero-order chi connectivity index (χ0) is 21.7. The van der Waals surface area contributed by atoms with Crippen LogP contribution in [0.3, 0.4) is 0 Å². The highest BCUT2D eigenvalue weighted by Crippen LogP contribution is 2.33. The third kappa shape index (κ3) is 4.89. The quantitative estimate of drug-likeness (QED) is 0.192. The predicted molar refractivity (Wildman–Crippen MR) is 109 cm³/mol. The molecule has 9 heteroatoms. The van der Waals surface area contributed by atoms with Crippen molar-refractivity contribution in [2.75, 3.05) is 6.61 Å². The number of hydrogen-bond acceptors (Lipinski definition) is 7. The number of aryl methyl sites for hydroxylation is 1. The number of non-ortho nitro benzene ring substituents is 1. The Bertz CT molecular complexity index is 944. The van der Waals surface area contributed by atoms with E-state index in [1.807, 2.05) is 18.2 Å². The maximum absolute atomic E-state index is 11.1. The van der Waals surface area contributed by atoms with E-state index in [9.17, 15) is 25.1 Å². The highest BCUT2D eigenvalue weighted by atomic mass is 16.6. The first-order valence-electron chi connectivity index (χ1n) is 9.47. The number of aliphatic hydroxyl groups is 2. The van der Waals surface area contributed by atoms with Crippen LogP contribution < -0.4 is 10.8 Å². The van der Waals surface area contributed by atoms with Gasteiger partial charge < -0.3 is 15.5 Å². The Morgan fingerprint density at radius 1 is 1.27 bits per heavy atom. The molecule has 9 nitrogen and oxygen atoms in total. The molecular formula is C21H23N3O6. The molecule has 0 fully saturated rings. The van der Waals surface area contributed by atoms with Crippen LogP contribution in [0.15, 0.2) is 48.5 Å². The lowest BCUT2D eigenvalue weighted by atomic mass is 9.99. The van der Waals surface area contributed by atoms with E-state index in [0.29, 0.717) is 5.56 Å². The topological polar surface area (TPSA) is 145 Å². The molecule has 3 rings (SSSR count). The molecule has 1 aliphatic carbocycles. The average Bonchev–Trinajstić information content (AvgIpc) is 3.17. The number of carbonyl (C=O) groups excluding carboxylic acids is 1. The Balaban J connectivity index is 1.71. The van der Waals surface area contributed by atoms with E-state index in [1.54, 1.807) is 6.08 Å². The van der Waals surface area contributed by atoms with Gasteiger partial charge in [0.15, 0.2) is 0 Å². The van der Waals surface area contributed by atoms with E-state index < -0.39 is 23.0 Å². The van der Waals surface area contributed by atoms with Gasteiger partial charge in [-0.05, 0) is 53.3 Å². The fraction of sp³-hybridized carbons (Fsp3) is 0.286. The molecule has 0 heterocycles. The smallest absolute Gasteiger partial charge is 0.269 e. The molecule has 158 valence electrons.